The number of nitrogens with one attached hydrogen (secondary N) is 1. The summed E-state index contributed by atoms with van der Waals surface area (Å²) >= 11 is 0. The number of nitrogens with zero attached hydrogens (tertiary/aromatic N) is 4. The minimum absolute atomic E-state index is 0.000205. The summed E-state index contributed by atoms with van der Waals surface area (Å²) in [7, 11) is 0. The molecule has 0 spiro atoms. The van der Waals surface area contributed by atoms with Crippen LogP contribution in [-0.2, 0) is 4.79 Å². The number of aromatic nitrogens is 3. The molecule has 2 aromatic rings. The summed E-state index contributed by atoms with van der Waals surface area (Å²) in [6, 6.07) is 2.34. The first-order chi connectivity index (χ1) is 11.3. The van der Waals surface area contributed by atoms with Crippen molar-refractivity contribution in [3.8, 4) is 0 Å². The zero-order valence-electron chi connectivity index (χ0n) is 12.9. The van der Waals surface area contributed by atoms with Crippen molar-refractivity contribution >= 4 is 22.8 Å². The van der Waals surface area contributed by atoms with Gasteiger partial charge in [0.15, 0.2) is 0 Å². The Labute approximate surface area is 134 Å². The third kappa shape index (κ3) is 2.32. The van der Waals surface area contributed by atoms with Gasteiger partial charge in [-0.3, -0.25) is 4.79 Å². The highest BCUT2D eigenvalue weighted by Gasteiger charge is 2.40. The molecular formula is C17H19N5O. The molecule has 0 bridgehead atoms. The Bertz CT molecular complexity index is 791. The number of aromatic amines is 1. The molecule has 4 heterocycles. The molecule has 0 aromatic carbocycles. The number of likely N-dealkylation sites (tertiary alicyclic amines) is 1. The van der Waals surface area contributed by atoms with Crippen molar-refractivity contribution < 1.29 is 4.79 Å². The number of carbonyl (C=O) groups excluding carboxylic acids is 1. The summed E-state index contributed by atoms with van der Waals surface area (Å²) < 4.78 is 0. The van der Waals surface area contributed by atoms with Crippen LogP contribution in [0.5, 0.6) is 0 Å². The zero-order chi connectivity index (χ0) is 15.8. The van der Waals surface area contributed by atoms with E-state index >= 15 is 0 Å². The fourth-order valence-electron chi connectivity index (χ4n) is 3.87. The summed E-state index contributed by atoms with van der Waals surface area (Å²) in [5.74, 6) is 1.59. The van der Waals surface area contributed by atoms with Crippen LogP contribution in [0.15, 0.2) is 37.0 Å². The van der Waals surface area contributed by atoms with Crippen molar-refractivity contribution in [2.45, 2.75) is 18.9 Å². The van der Waals surface area contributed by atoms with Crippen molar-refractivity contribution in [3.63, 3.8) is 0 Å². The van der Waals surface area contributed by atoms with Crippen molar-refractivity contribution in [2.24, 2.45) is 5.92 Å². The lowest BCUT2D eigenvalue weighted by Crippen LogP contribution is -2.50. The third-order valence-electron chi connectivity index (χ3n) is 5.00. The van der Waals surface area contributed by atoms with Gasteiger partial charge in [-0.05, 0) is 24.8 Å². The molecule has 2 fully saturated rings. The summed E-state index contributed by atoms with van der Waals surface area (Å²) in [6.07, 6.45) is 7.11. The van der Waals surface area contributed by atoms with E-state index in [0.29, 0.717) is 12.0 Å². The van der Waals surface area contributed by atoms with E-state index in [0.717, 1.165) is 49.3 Å². The number of fused-ring (bicyclic) bond motifs is 2. The van der Waals surface area contributed by atoms with Crippen LogP contribution in [0.2, 0.25) is 0 Å². The van der Waals surface area contributed by atoms with Crippen LogP contribution in [-0.4, -0.2) is 51.4 Å². The molecule has 118 valence electrons. The number of H-pyrrole nitrogens is 1. The molecule has 2 aliphatic rings. The summed E-state index contributed by atoms with van der Waals surface area (Å²) in [4.78, 5) is 28.3. The van der Waals surface area contributed by atoms with E-state index in [1.165, 1.54) is 6.08 Å². The van der Waals surface area contributed by atoms with E-state index in [9.17, 15) is 4.79 Å². The fraction of sp³-hybridized carbons (Fsp3) is 0.412. The van der Waals surface area contributed by atoms with Gasteiger partial charge < -0.3 is 14.8 Å². The predicted molar refractivity (Wildman–Crippen MR) is 88.0 cm³/mol. The van der Waals surface area contributed by atoms with Gasteiger partial charge >= 0.3 is 0 Å². The Morgan fingerprint density at radius 3 is 3.13 bits per heavy atom. The van der Waals surface area contributed by atoms with Crippen LogP contribution < -0.4 is 4.90 Å². The summed E-state index contributed by atoms with van der Waals surface area (Å²) in [5, 5.41) is 1.04. The average molecular weight is 309 g/mol. The topological polar surface area (TPSA) is 65.1 Å². The van der Waals surface area contributed by atoms with Crippen LogP contribution in [0.25, 0.3) is 11.0 Å². The third-order valence-corrected chi connectivity index (χ3v) is 5.00. The number of piperidine rings is 1. The van der Waals surface area contributed by atoms with Gasteiger partial charge in [0.1, 0.15) is 17.8 Å². The number of anilines is 1. The minimum Gasteiger partial charge on any atom is -0.351 e. The van der Waals surface area contributed by atoms with Crippen LogP contribution >= 0.6 is 0 Å². The maximum absolute atomic E-state index is 12.1. The molecule has 1 amide bonds. The van der Waals surface area contributed by atoms with Gasteiger partial charge in [0.2, 0.25) is 0 Å². The molecule has 2 unspecified atom stereocenters. The SMILES string of the molecule is C=C=CC(=O)N1CCC2CCN(c3ncnc4[nH]ccc34)C2C1. The van der Waals surface area contributed by atoms with Gasteiger partial charge in [0.25, 0.3) is 5.91 Å². The maximum Gasteiger partial charge on any atom is 0.254 e. The Morgan fingerprint density at radius 2 is 2.26 bits per heavy atom. The highest BCUT2D eigenvalue weighted by atomic mass is 16.2. The molecule has 2 atom stereocenters. The van der Waals surface area contributed by atoms with E-state index in [1.54, 1.807) is 6.33 Å². The second-order valence-corrected chi connectivity index (χ2v) is 6.17. The molecular weight excluding hydrogens is 290 g/mol. The highest BCUT2D eigenvalue weighted by molar-refractivity contribution is 5.88. The fourth-order valence-corrected chi connectivity index (χ4v) is 3.87. The molecule has 2 saturated heterocycles. The molecule has 0 radical (unpaired) electrons. The van der Waals surface area contributed by atoms with E-state index in [-0.39, 0.29) is 5.91 Å². The lowest BCUT2D eigenvalue weighted by atomic mass is 9.92. The lowest BCUT2D eigenvalue weighted by Gasteiger charge is -2.38. The van der Waals surface area contributed by atoms with Crippen molar-refractivity contribution in [2.75, 3.05) is 24.5 Å². The number of rotatable bonds is 2. The van der Waals surface area contributed by atoms with Gasteiger partial charge in [-0.1, -0.05) is 6.58 Å². The highest BCUT2D eigenvalue weighted by Crippen LogP contribution is 2.36. The number of hydrogen-bond donors (Lipinski definition) is 1. The van der Waals surface area contributed by atoms with Gasteiger partial charge in [-0.2, -0.15) is 0 Å². The van der Waals surface area contributed by atoms with Crippen molar-refractivity contribution in [3.05, 3.63) is 37.0 Å². The Morgan fingerprint density at radius 1 is 1.39 bits per heavy atom. The van der Waals surface area contributed by atoms with Crippen LogP contribution in [0.3, 0.4) is 0 Å². The Balaban J connectivity index is 1.64. The molecule has 0 aliphatic carbocycles. The second kappa shape index (κ2) is 5.56. The molecule has 0 saturated carbocycles. The van der Waals surface area contributed by atoms with E-state index in [1.807, 2.05) is 17.2 Å². The normalized spacial score (nSPS) is 23.7. The summed E-state index contributed by atoms with van der Waals surface area (Å²) in [5.41, 5.74) is 3.44. The Hall–Kier alpha value is -2.59. The zero-order valence-corrected chi connectivity index (χ0v) is 12.9. The monoisotopic (exact) mass is 309 g/mol. The van der Waals surface area contributed by atoms with Crippen LogP contribution in [0.1, 0.15) is 12.8 Å². The standard InChI is InChI=1S/C17H19N5O/c1-2-3-15(23)21-8-5-12-6-9-22(14(12)10-21)17-13-4-7-18-16(13)19-11-20-17/h3-4,7,11-12,14H,1,5-6,8-10H2,(H,18,19,20). The lowest BCUT2D eigenvalue weighted by molar-refractivity contribution is -0.127. The quantitative estimate of drug-likeness (QED) is 0.678. The Kier molecular flexibility index (Phi) is 3.39. The first-order valence-corrected chi connectivity index (χ1v) is 7.97. The van der Waals surface area contributed by atoms with Gasteiger partial charge in [0.05, 0.1) is 11.4 Å². The molecule has 1 N–H and O–H groups in total. The van der Waals surface area contributed by atoms with Crippen LogP contribution in [0, 0.1) is 5.92 Å². The van der Waals surface area contributed by atoms with Crippen molar-refractivity contribution in [1.82, 2.24) is 19.9 Å². The minimum atomic E-state index is -0.000205. The number of hydrogen-bond acceptors (Lipinski definition) is 4. The largest absolute Gasteiger partial charge is 0.351 e. The number of amides is 1. The maximum atomic E-state index is 12.1. The molecule has 6 nitrogen and oxygen atoms in total. The predicted octanol–water partition coefficient (Wildman–Crippen LogP) is 1.73. The molecule has 2 aliphatic heterocycles. The summed E-state index contributed by atoms with van der Waals surface area (Å²) in [6.45, 7) is 6.02. The number of carbonyl (C=O) groups is 1. The van der Waals surface area contributed by atoms with E-state index < -0.39 is 0 Å². The van der Waals surface area contributed by atoms with Gasteiger partial charge in [-0.15, -0.1) is 5.73 Å². The van der Waals surface area contributed by atoms with Gasteiger partial charge in [-0.25, -0.2) is 9.97 Å². The molecule has 23 heavy (non-hydrogen) atoms. The van der Waals surface area contributed by atoms with E-state index in [2.05, 4.69) is 32.2 Å². The van der Waals surface area contributed by atoms with E-state index in [4.69, 9.17) is 0 Å². The average Bonchev–Trinajstić information content (AvgIpc) is 3.20. The first-order valence-electron chi connectivity index (χ1n) is 7.97. The van der Waals surface area contributed by atoms with Gasteiger partial charge in [0, 0.05) is 31.9 Å². The smallest absolute Gasteiger partial charge is 0.254 e. The first kappa shape index (κ1) is 14.0. The van der Waals surface area contributed by atoms with Crippen LogP contribution in [0.4, 0.5) is 5.82 Å². The molecule has 2 aromatic heterocycles. The molecule has 4 rings (SSSR count). The van der Waals surface area contributed by atoms with Crippen molar-refractivity contribution in [1.29, 1.82) is 0 Å². The second-order valence-electron chi connectivity index (χ2n) is 6.17. The molecule has 6 heteroatoms.